The average Bonchev–Trinajstić information content (AvgIpc) is 2.15. The third-order valence-electron chi connectivity index (χ3n) is 2.13. The molecule has 1 N–H and O–H groups in total. The molecule has 0 saturated carbocycles. The number of rotatable bonds is 0. The molecule has 0 unspecified atom stereocenters. The van der Waals surface area contributed by atoms with Gasteiger partial charge in [0, 0.05) is 0 Å². The topological polar surface area (TPSA) is 45.8 Å². The van der Waals surface area contributed by atoms with Crippen LogP contribution in [0, 0.1) is 6.92 Å². The van der Waals surface area contributed by atoms with E-state index in [-0.39, 0.29) is 10.9 Å². The Kier molecular flexibility index (Phi) is 2.22. The number of benzene rings is 1. The van der Waals surface area contributed by atoms with Gasteiger partial charge in [-0.05, 0) is 24.6 Å². The van der Waals surface area contributed by atoms with Crippen LogP contribution in [0.3, 0.4) is 0 Å². The minimum Gasteiger partial charge on any atom is -0.302 e. The van der Waals surface area contributed by atoms with Crippen LogP contribution in [0.1, 0.15) is 11.4 Å². The van der Waals surface area contributed by atoms with Crippen LogP contribution in [0.25, 0.3) is 10.9 Å². The zero-order chi connectivity index (χ0) is 11.9. The fraction of sp³-hybridized carbons (Fsp3) is 0.200. The van der Waals surface area contributed by atoms with E-state index in [1.165, 1.54) is 12.1 Å². The zero-order valence-corrected chi connectivity index (χ0v) is 8.22. The number of hydrogen-bond donors (Lipinski definition) is 1. The van der Waals surface area contributed by atoms with E-state index in [4.69, 9.17) is 0 Å². The Morgan fingerprint density at radius 3 is 2.62 bits per heavy atom. The molecule has 3 nitrogen and oxygen atoms in total. The van der Waals surface area contributed by atoms with Gasteiger partial charge in [-0.2, -0.15) is 13.2 Å². The van der Waals surface area contributed by atoms with Crippen molar-refractivity contribution in [3.05, 3.63) is 39.9 Å². The lowest BCUT2D eigenvalue weighted by Crippen LogP contribution is -2.19. The summed E-state index contributed by atoms with van der Waals surface area (Å²) in [5.41, 5.74) is 0.0205. The molecule has 0 atom stereocenters. The van der Waals surface area contributed by atoms with Gasteiger partial charge in [-0.1, -0.05) is 6.07 Å². The lowest BCUT2D eigenvalue weighted by atomic mass is 10.2. The molecule has 16 heavy (non-hydrogen) atoms. The summed E-state index contributed by atoms with van der Waals surface area (Å²) < 4.78 is 37.1. The molecular formula is C10H7F3N2O. The summed E-state index contributed by atoms with van der Waals surface area (Å²) in [4.78, 5) is 16.5. The zero-order valence-electron chi connectivity index (χ0n) is 8.22. The average molecular weight is 228 g/mol. The number of halogens is 3. The maximum absolute atomic E-state index is 12.4. The van der Waals surface area contributed by atoms with Crippen molar-refractivity contribution >= 4 is 10.9 Å². The number of H-pyrrole nitrogens is 1. The second kappa shape index (κ2) is 3.33. The maximum Gasteiger partial charge on any atom is 0.449 e. The quantitative estimate of drug-likeness (QED) is 0.751. The first-order chi connectivity index (χ1) is 7.38. The Hall–Kier alpha value is -1.85. The number of aromatic nitrogens is 2. The second-order valence-corrected chi connectivity index (χ2v) is 3.43. The Labute approximate surface area is 87.9 Å². The standard InChI is InChI=1S/C10H7F3N2O/c1-5-2-3-6-7(4-5)14-9(10(11,12)13)15-8(6)16/h2-4H,1H3,(H,14,15,16). The molecular weight excluding hydrogens is 221 g/mol. The second-order valence-electron chi connectivity index (χ2n) is 3.43. The number of aryl methyl sites for hydroxylation is 1. The first-order valence-corrected chi connectivity index (χ1v) is 4.46. The van der Waals surface area contributed by atoms with E-state index in [1.54, 1.807) is 18.0 Å². The number of alkyl halides is 3. The molecule has 1 aromatic carbocycles. The van der Waals surface area contributed by atoms with Crippen LogP contribution in [0.2, 0.25) is 0 Å². The molecule has 1 heterocycles. The van der Waals surface area contributed by atoms with Crippen molar-refractivity contribution in [1.29, 1.82) is 0 Å². The van der Waals surface area contributed by atoms with Crippen molar-refractivity contribution in [3.63, 3.8) is 0 Å². The summed E-state index contributed by atoms with van der Waals surface area (Å²) >= 11 is 0. The van der Waals surface area contributed by atoms with Gasteiger partial charge in [0.05, 0.1) is 10.9 Å². The molecule has 6 heteroatoms. The van der Waals surface area contributed by atoms with E-state index in [2.05, 4.69) is 4.98 Å². The SMILES string of the molecule is Cc1ccc2c(=O)[nH]c(C(F)(F)F)nc2c1. The monoisotopic (exact) mass is 228 g/mol. The van der Waals surface area contributed by atoms with Crippen molar-refractivity contribution in [2.24, 2.45) is 0 Å². The van der Waals surface area contributed by atoms with Crippen LogP contribution in [-0.4, -0.2) is 9.97 Å². The Balaban J connectivity index is 2.80. The molecule has 0 radical (unpaired) electrons. The summed E-state index contributed by atoms with van der Waals surface area (Å²) in [6.45, 7) is 1.72. The predicted octanol–water partition coefficient (Wildman–Crippen LogP) is 2.25. The Morgan fingerprint density at radius 1 is 1.31 bits per heavy atom. The van der Waals surface area contributed by atoms with Crippen LogP contribution < -0.4 is 5.56 Å². The van der Waals surface area contributed by atoms with Gasteiger partial charge in [0.25, 0.3) is 5.56 Å². The van der Waals surface area contributed by atoms with Gasteiger partial charge in [-0.3, -0.25) is 4.79 Å². The largest absolute Gasteiger partial charge is 0.449 e. The number of aromatic amines is 1. The van der Waals surface area contributed by atoms with Crippen LogP contribution in [0.4, 0.5) is 13.2 Å². The van der Waals surface area contributed by atoms with Crippen molar-refractivity contribution in [2.45, 2.75) is 13.1 Å². The Morgan fingerprint density at radius 2 is 2.00 bits per heavy atom. The summed E-state index contributed by atoms with van der Waals surface area (Å²) in [6, 6.07) is 4.54. The maximum atomic E-state index is 12.4. The third kappa shape index (κ3) is 1.78. The van der Waals surface area contributed by atoms with Gasteiger partial charge in [0.2, 0.25) is 5.82 Å². The summed E-state index contributed by atoms with van der Waals surface area (Å²) in [5, 5.41) is 0.151. The van der Waals surface area contributed by atoms with Crippen molar-refractivity contribution in [1.82, 2.24) is 9.97 Å². The van der Waals surface area contributed by atoms with E-state index in [9.17, 15) is 18.0 Å². The Bertz CT molecular complexity index is 601. The first-order valence-electron chi connectivity index (χ1n) is 4.46. The van der Waals surface area contributed by atoms with Crippen LogP contribution in [-0.2, 0) is 6.18 Å². The van der Waals surface area contributed by atoms with E-state index in [0.717, 1.165) is 5.56 Å². The van der Waals surface area contributed by atoms with Gasteiger partial charge in [-0.15, -0.1) is 0 Å². The fourth-order valence-electron chi connectivity index (χ4n) is 1.38. The van der Waals surface area contributed by atoms with Crippen molar-refractivity contribution < 1.29 is 13.2 Å². The smallest absolute Gasteiger partial charge is 0.302 e. The molecule has 0 fully saturated rings. The van der Waals surface area contributed by atoms with E-state index in [1.807, 2.05) is 0 Å². The molecule has 0 spiro atoms. The highest BCUT2D eigenvalue weighted by Crippen LogP contribution is 2.26. The summed E-state index contributed by atoms with van der Waals surface area (Å²) in [6.07, 6.45) is -4.64. The number of fused-ring (bicyclic) bond motifs is 1. The minimum absolute atomic E-state index is 0.0519. The fourth-order valence-corrected chi connectivity index (χ4v) is 1.38. The van der Waals surface area contributed by atoms with Crippen molar-refractivity contribution in [2.75, 3.05) is 0 Å². The molecule has 1 aromatic heterocycles. The lowest BCUT2D eigenvalue weighted by Gasteiger charge is -2.06. The van der Waals surface area contributed by atoms with Gasteiger partial charge in [-0.25, -0.2) is 4.98 Å². The summed E-state index contributed by atoms with van der Waals surface area (Å²) in [7, 11) is 0. The van der Waals surface area contributed by atoms with Crippen LogP contribution in [0.15, 0.2) is 23.0 Å². The molecule has 84 valence electrons. The predicted molar refractivity (Wildman–Crippen MR) is 52.1 cm³/mol. The minimum atomic E-state index is -4.64. The highest BCUT2D eigenvalue weighted by Gasteiger charge is 2.34. The van der Waals surface area contributed by atoms with Gasteiger partial charge in [0.1, 0.15) is 0 Å². The van der Waals surface area contributed by atoms with Gasteiger partial charge in [0.15, 0.2) is 0 Å². The van der Waals surface area contributed by atoms with E-state index >= 15 is 0 Å². The molecule has 0 aliphatic rings. The van der Waals surface area contributed by atoms with Gasteiger partial charge < -0.3 is 4.98 Å². The number of hydrogen-bond acceptors (Lipinski definition) is 2. The first kappa shape index (κ1) is 10.7. The molecule has 0 saturated heterocycles. The molecule has 0 aliphatic carbocycles. The van der Waals surface area contributed by atoms with Gasteiger partial charge >= 0.3 is 6.18 Å². The van der Waals surface area contributed by atoms with Crippen molar-refractivity contribution in [3.8, 4) is 0 Å². The van der Waals surface area contributed by atoms with E-state index < -0.39 is 17.6 Å². The molecule has 2 rings (SSSR count). The molecule has 2 aromatic rings. The highest BCUT2D eigenvalue weighted by molar-refractivity contribution is 5.78. The molecule has 0 bridgehead atoms. The van der Waals surface area contributed by atoms with Crippen LogP contribution in [0.5, 0.6) is 0 Å². The van der Waals surface area contributed by atoms with Crippen LogP contribution >= 0.6 is 0 Å². The number of nitrogens with one attached hydrogen (secondary N) is 1. The number of nitrogens with zero attached hydrogens (tertiary/aromatic N) is 1. The normalized spacial score (nSPS) is 12.0. The highest BCUT2D eigenvalue weighted by atomic mass is 19.4. The summed E-state index contributed by atoms with van der Waals surface area (Å²) in [5.74, 6) is -1.27. The third-order valence-corrected chi connectivity index (χ3v) is 2.13. The lowest BCUT2D eigenvalue weighted by molar-refractivity contribution is -0.144. The van der Waals surface area contributed by atoms with E-state index in [0.29, 0.717) is 0 Å². The molecule has 0 aliphatic heterocycles. The molecule has 0 amide bonds.